The van der Waals surface area contributed by atoms with Crippen molar-refractivity contribution in [3.63, 3.8) is 0 Å². The first kappa shape index (κ1) is 15.4. The summed E-state index contributed by atoms with van der Waals surface area (Å²) in [7, 11) is 0. The third-order valence-corrected chi connectivity index (χ3v) is 2.77. The van der Waals surface area contributed by atoms with Crippen LogP contribution in [0.15, 0.2) is 22.8 Å². The molecule has 0 saturated heterocycles. The molecule has 110 valence electrons. The summed E-state index contributed by atoms with van der Waals surface area (Å²) >= 11 is 3.04. The molecule has 2 aromatic rings. The lowest BCUT2D eigenvalue weighted by Gasteiger charge is -2.08. The Morgan fingerprint density at radius 2 is 1.48 bits per heavy atom. The lowest BCUT2D eigenvalue weighted by atomic mass is 10.2. The first-order valence-corrected chi connectivity index (χ1v) is 5.97. The summed E-state index contributed by atoms with van der Waals surface area (Å²) in [6.07, 6.45) is 1.19. The average Bonchev–Trinajstić information content (AvgIpc) is 2.48. The van der Waals surface area contributed by atoms with Crippen molar-refractivity contribution < 1.29 is 31.5 Å². The maximum absolute atomic E-state index is 13.3. The molecule has 1 aromatic heterocycles. The topological polar surface area (TPSA) is 39.2 Å². The number of nitrogens with zero attached hydrogens (tertiary/aromatic N) is 1. The molecule has 1 heterocycles. The molecule has 2 rings (SSSR count). The zero-order chi connectivity index (χ0) is 15.7. The Hall–Kier alpha value is -2.03. The van der Waals surface area contributed by atoms with Crippen LogP contribution in [0.4, 0.5) is 22.0 Å². The molecule has 0 bridgehead atoms. The summed E-state index contributed by atoms with van der Waals surface area (Å²) in [5, 5.41) is 0. The second-order valence-corrected chi connectivity index (χ2v) is 4.57. The van der Waals surface area contributed by atoms with E-state index in [1.807, 2.05) is 0 Å². The van der Waals surface area contributed by atoms with Crippen molar-refractivity contribution >= 4 is 21.9 Å². The molecule has 0 aliphatic rings. The van der Waals surface area contributed by atoms with Crippen LogP contribution in [0.1, 0.15) is 10.5 Å². The molecule has 0 N–H and O–H groups in total. The van der Waals surface area contributed by atoms with E-state index in [4.69, 9.17) is 0 Å². The summed E-state index contributed by atoms with van der Waals surface area (Å²) < 4.78 is 70.0. The number of aromatic nitrogens is 1. The van der Waals surface area contributed by atoms with E-state index in [0.717, 1.165) is 6.07 Å². The van der Waals surface area contributed by atoms with Crippen LogP contribution in [0, 0.1) is 29.1 Å². The number of ether oxygens (including phenoxy) is 1. The van der Waals surface area contributed by atoms with Gasteiger partial charge in [-0.1, -0.05) is 0 Å². The lowest BCUT2D eigenvalue weighted by molar-refractivity contribution is 0.0710. The average molecular weight is 368 g/mol. The molecule has 3 nitrogen and oxygen atoms in total. The van der Waals surface area contributed by atoms with Gasteiger partial charge >= 0.3 is 5.97 Å². The highest BCUT2D eigenvalue weighted by Gasteiger charge is 2.29. The summed E-state index contributed by atoms with van der Waals surface area (Å²) in [4.78, 5) is 15.1. The number of halogens is 6. The molecular formula is C12H3BrF5NO2. The minimum Gasteiger partial charge on any atom is -0.415 e. The normalized spacial score (nSPS) is 10.6. The minimum atomic E-state index is -2.34. The highest BCUT2D eigenvalue weighted by atomic mass is 79.9. The zero-order valence-electron chi connectivity index (χ0n) is 9.76. The number of carbonyl (C=O) groups excluding carboxylic acids is 1. The Balaban J connectivity index is 2.40. The van der Waals surface area contributed by atoms with Crippen molar-refractivity contribution in [2.24, 2.45) is 0 Å². The molecule has 21 heavy (non-hydrogen) atoms. The van der Waals surface area contributed by atoms with Crippen molar-refractivity contribution in [3.8, 4) is 5.75 Å². The van der Waals surface area contributed by atoms with Crippen LogP contribution in [0.2, 0.25) is 0 Å². The molecule has 0 unspecified atom stereocenters. The van der Waals surface area contributed by atoms with Crippen molar-refractivity contribution in [1.29, 1.82) is 0 Å². The Labute approximate surface area is 122 Å². The molecular weight excluding hydrogens is 365 g/mol. The van der Waals surface area contributed by atoms with Crippen LogP contribution >= 0.6 is 15.9 Å². The third-order valence-electron chi connectivity index (χ3n) is 2.30. The second kappa shape index (κ2) is 5.76. The number of carbonyl (C=O) groups is 1. The highest BCUT2D eigenvalue weighted by molar-refractivity contribution is 9.10. The van der Waals surface area contributed by atoms with Gasteiger partial charge in [0, 0.05) is 10.7 Å². The molecule has 0 radical (unpaired) electrons. The van der Waals surface area contributed by atoms with Crippen molar-refractivity contribution in [1.82, 2.24) is 4.98 Å². The highest BCUT2D eigenvalue weighted by Crippen LogP contribution is 2.29. The fourth-order valence-corrected chi connectivity index (χ4v) is 1.55. The van der Waals surface area contributed by atoms with E-state index < -0.39 is 40.8 Å². The van der Waals surface area contributed by atoms with E-state index in [2.05, 4.69) is 25.7 Å². The summed E-state index contributed by atoms with van der Waals surface area (Å²) in [6, 6.07) is 2.51. The van der Waals surface area contributed by atoms with Crippen LogP contribution in [-0.2, 0) is 0 Å². The zero-order valence-corrected chi connectivity index (χ0v) is 11.3. The predicted octanol–water partition coefficient (Wildman–Crippen LogP) is 3.76. The first-order chi connectivity index (χ1) is 9.82. The van der Waals surface area contributed by atoms with Crippen LogP contribution in [0.5, 0.6) is 5.75 Å². The van der Waals surface area contributed by atoms with Crippen LogP contribution < -0.4 is 4.74 Å². The molecule has 9 heteroatoms. The van der Waals surface area contributed by atoms with Gasteiger partial charge in [-0.2, -0.15) is 8.78 Å². The standard InChI is InChI=1S/C12H3BrF5NO2/c13-4-1-2-5(19-3-4)12(20)21-11-9(17)7(15)6(14)8(16)10(11)18/h1-3H. The largest absolute Gasteiger partial charge is 0.415 e. The van der Waals surface area contributed by atoms with E-state index in [0.29, 0.717) is 4.47 Å². The lowest BCUT2D eigenvalue weighted by Crippen LogP contribution is -2.14. The molecule has 0 aliphatic heterocycles. The fourth-order valence-electron chi connectivity index (χ4n) is 1.32. The van der Waals surface area contributed by atoms with Gasteiger partial charge in [-0.25, -0.2) is 22.9 Å². The van der Waals surface area contributed by atoms with Gasteiger partial charge in [0.2, 0.25) is 34.8 Å². The monoisotopic (exact) mass is 367 g/mol. The van der Waals surface area contributed by atoms with Gasteiger partial charge < -0.3 is 4.74 Å². The number of pyridine rings is 1. The molecule has 0 amide bonds. The van der Waals surface area contributed by atoms with Crippen molar-refractivity contribution in [2.75, 3.05) is 0 Å². The van der Waals surface area contributed by atoms with Gasteiger partial charge in [-0.05, 0) is 28.1 Å². The van der Waals surface area contributed by atoms with Crippen LogP contribution in [0.25, 0.3) is 0 Å². The van der Waals surface area contributed by atoms with E-state index in [-0.39, 0.29) is 5.69 Å². The SMILES string of the molecule is O=C(Oc1c(F)c(F)c(F)c(F)c1F)c1ccc(Br)cn1. The molecule has 0 aliphatic carbocycles. The predicted molar refractivity (Wildman–Crippen MR) is 63.1 cm³/mol. The minimum absolute atomic E-state index is 0.373. The number of rotatable bonds is 2. The van der Waals surface area contributed by atoms with Gasteiger partial charge in [0.25, 0.3) is 0 Å². The van der Waals surface area contributed by atoms with Gasteiger partial charge in [0.1, 0.15) is 5.69 Å². The van der Waals surface area contributed by atoms with Crippen LogP contribution in [-0.4, -0.2) is 11.0 Å². The van der Waals surface area contributed by atoms with Crippen molar-refractivity contribution in [3.05, 3.63) is 57.6 Å². The number of hydrogen-bond acceptors (Lipinski definition) is 3. The van der Waals surface area contributed by atoms with E-state index in [1.165, 1.54) is 12.3 Å². The number of hydrogen-bond donors (Lipinski definition) is 0. The summed E-state index contributed by atoms with van der Waals surface area (Å²) in [5.74, 6) is -14.3. The van der Waals surface area contributed by atoms with E-state index >= 15 is 0 Å². The maximum Gasteiger partial charge on any atom is 0.362 e. The molecule has 0 atom stereocenters. The van der Waals surface area contributed by atoms with Gasteiger partial charge in [0.05, 0.1) is 0 Å². The molecule has 0 fully saturated rings. The maximum atomic E-state index is 13.3. The number of esters is 1. The van der Waals surface area contributed by atoms with Crippen LogP contribution in [0.3, 0.4) is 0 Å². The molecule has 1 aromatic carbocycles. The Bertz CT molecular complexity index is 692. The summed E-state index contributed by atoms with van der Waals surface area (Å²) in [5.41, 5.74) is -0.373. The van der Waals surface area contributed by atoms with Gasteiger partial charge in [-0.3, -0.25) is 0 Å². The van der Waals surface area contributed by atoms with E-state index in [1.54, 1.807) is 0 Å². The summed E-state index contributed by atoms with van der Waals surface area (Å²) in [6.45, 7) is 0. The fraction of sp³-hybridized carbons (Fsp3) is 0. The third kappa shape index (κ3) is 2.87. The van der Waals surface area contributed by atoms with Gasteiger partial charge in [0.15, 0.2) is 0 Å². The van der Waals surface area contributed by atoms with Gasteiger partial charge in [-0.15, -0.1) is 0 Å². The smallest absolute Gasteiger partial charge is 0.362 e. The Morgan fingerprint density at radius 1 is 0.952 bits per heavy atom. The van der Waals surface area contributed by atoms with Crippen molar-refractivity contribution in [2.45, 2.75) is 0 Å². The quantitative estimate of drug-likeness (QED) is 0.267. The Morgan fingerprint density at radius 3 is 1.95 bits per heavy atom. The van der Waals surface area contributed by atoms with E-state index in [9.17, 15) is 26.7 Å². The number of benzene rings is 1. The molecule has 0 saturated carbocycles. The molecule has 0 spiro atoms. The Kier molecular flexibility index (Phi) is 4.21. The second-order valence-electron chi connectivity index (χ2n) is 3.65. The first-order valence-electron chi connectivity index (χ1n) is 5.18.